The number of hydrogen-bond acceptors (Lipinski definition) is 5. The third-order valence-corrected chi connectivity index (χ3v) is 3.49. The van der Waals surface area contributed by atoms with Gasteiger partial charge in [-0.25, -0.2) is 0 Å². The summed E-state index contributed by atoms with van der Waals surface area (Å²) in [6.07, 6.45) is 0. The molecular weight excluding hydrogens is 252 g/mol. The molecule has 6 heteroatoms. The van der Waals surface area contributed by atoms with Crippen molar-refractivity contribution in [3.63, 3.8) is 0 Å². The molecule has 0 atom stereocenters. The van der Waals surface area contributed by atoms with Crippen LogP contribution in [0.15, 0.2) is 30.3 Å². The Labute approximate surface area is 117 Å². The number of rotatable bonds is 2. The first-order valence-electron chi connectivity index (χ1n) is 6.64. The lowest BCUT2D eigenvalue weighted by Crippen LogP contribution is -2.45. The lowest BCUT2D eigenvalue weighted by Gasteiger charge is -2.32. The molecule has 20 heavy (non-hydrogen) atoms. The Bertz CT molecular complexity index is 619. The molecule has 0 aliphatic carbocycles. The molecule has 1 aliphatic rings. The Morgan fingerprint density at radius 2 is 1.75 bits per heavy atom. The minimum Gasteiger partial charge on any atom is -0.350 e. The molecule has 2 heterocycles. The van der Waals surface area contributed by atoms with Crippen LogP contribution < -0.4 is 4.90 Å². The largest absolute Gasteiger partial charge is 0.350 e. The third kappa shape index (κ3) is 2.36. The SMILES string of the molecule is CN1CCN(c2nn(-c3ccccc3)nc2C#N)CC1. The normalized spacial score (nSPS) is 16.1. The van der Waals surface area contributed by atoms with Crippen LogP contribution in [0.25, 0.3) is 5.69 Å². The predicted octanol–water partition coefficient (Wildman–Crippen LogP) is 0.891. The number of nitrogens with zero attached hydrogens (tertiary/aromatic N) is 6. The Balaban J connectivity index is 1.92. The van der Waals surface area contributed by atoms with Crippen LogP contribution in [0.1, 0.15) is 5.69 Å². The zero-order chi connectivity index (χ0) is 13.9. The molecule has 0 saturated carbocycles. The smallest absolute Gasteiger partial charge is 0.207 e. The van der Waals surface area contributed by atoms with Gasteiger partial charge in [0.15, 0.2) is 5.82 Å². The zero-order valence-electron chi connectivity index (χ0n) is 11.4. The van der Waals surface area contributed by atoms with Crippen molar-refractivity contribution in [1.82, 2.24) is 19.9 Å². The van der Waals surface area contributed by atoms with Gasteiger partial charge in [-0.2, -0.15) is 5.26 Å². The fraction of sp³-hybridized carbons (Fsp3) is 0.357. The van der Waals surface area contributed by atoms with Crippen LogP contribution in [0.2, 0.25) is 0 Å². The second-order valence-electron chi connectivity index (χ2n) is 4.90. The lowest BCUT2D eigenvalue weighted by molar-refractivity contribution is 0.312. The highest BCUT2D eigenvalue weighted by Crippen LogP contribution is 2.18. The molecule has 0 bridgehead atoms. The molecule has 0 unspecified atom stereocenters. The van der Waals surface area contributed by atoms with E-state index in [0.717, 1.165) is 31.9 Å². The summed E-state index contributed by atoms with van der Waals surface area (Å²) in [5.41, 5.74) is 1.25. The molecule has 102 valence electrons. The maximum Gasteiger partial charge on any atom is 0.207 e. The number of nitriles is 1. The predicted molar refractivity (Wildman–Crippen MR) is 75.8 cm³/mol. The minimum atomic E-state index is 0.387. The second-order valence-corrected chi connectivity index (χ2v) is 4.90. The van der Waals surface area contributed by atoms with Gasteiger partial charge in [0, 0.05) is 26.2 Å². The molecule has 1 saturated heterocycles. The van der Waals surface area contributed by atoms with E-state index in [2.05, 4.69) is 33.1 Å². The summed E-state index contributed by atoms with van der Waals surface area (Å²) in [5.74, 6) is 0.685. The second kappa shape index (κ2) is 5.31. The molecule has 0 amide bonds. The summed E-state index contributed by atoms with van der Waals surface area (Å²) >= 11 is 0. The Morgan fingerprint density at radius 3 is 2.40 bits per heavy atom. The highest BCUT2D eigenvalue weighted by molar-refractivity contribution is 5.50. The standard InChI is InChI=1S/C14H16N6/c1-18-7-9-19(10-8-18)14-13(11-15)16-20(17-14)12-5-3-2-4-6-12/h2-6H,7-10H2,1H3. The van der Waals surface area contributed by atoms with Crippen LogP contribution in [-0.4, -0.2) is 53.1 Å². The number of hydrogen-bond donors (Lipinski definition) is 0. The van der Waals surface area contributed by atoms with Gasteiger partial charge in [-0.1, -0.05) is 18.2 Å². The van der Waals surface area contributed by atoms with Crippen LogP contribution in [0.5, 0.6) is 0 Å². The number of likely N-dealkylation sites (N-methyl/N-ethyl adjacent to an activating group) is 1. The fourth-order valence-corrected chi connectivity index (χ4v) is 2.28. The summed E-state index contributed by atoms with van der Waals surface area (Å²) in [6, 6.07) is 11.8. The highest BCUT2D eigenvalue weighted by Gasteiger charge is 2.21. The van der Waals surface area contributed by atoms with Crippen molar-refractivity contribution in [2.45, 2.75) is 0 Å². The van der Waals surface area contributed by atoms with Gasteiger partial charge >= 0.3 is 0 Å². The first kappa shape index (κ1) is 12.6. The van der Waals surface area contributed by atoms with Crippen molar-refractivity contribution in [3.8, 4) is 11.8 Å². The summed E-state index contributed by atoms with van der Waals surface area (Å²) in [4.78, 5) is 5.93. The molecule has 1 fully saturated rings. The van der Waals surface area contributed by atoms with Gasteiger partial charge in [-0.05, 0) is 19.2 Å². The molecule has 3 rings (SSSR count). The van der Waals surface area contributed by atoms with E-state index in [1.54, 1.807) is 0 Å². The average Bonchev–Trinajstić information content (AvgIpc) is 2.93. The van der Waals surface area contributed by atoms with Gasteiger partial charge in [-0.15, -0.1) is 15.0 Å². The quantitative estimate of drug-likeness (QED) is 0.809. The van der Waals surface area contributed by atoms with Crippen LogP contribution in [-0.2, 0) is 0 Å². The molecule has 1 aromatic carbocycles. The van der Waals surface area contributed by atoms with Crippen LogP contribution >= 0.6 is 0 Å². The minimum absolute atomic E-state index is 0.387. The molecule has 2 aromatic rings. The van der Waals surface area contributed by atoms with E-state index in [4.69, 9.17) is 0 Å². The van der Waals surface area contributed by atoms with Crippen molar-refractivity contribution in [1.29, 1.82) is 5.26 Å². The van der Waals surface area contributed by atoms with Crippen LogP contribution in [0.3, 0.4) is 0 Å². The molecule has 6 nitrogen and oxygen atoms in total. The van der Waals surface area contributed by atoms with Gasteiger partial charge in [0.2, 0.25) is 5.69 Å². The topological polar surface area (TPSA) is 61.0 Å². The Morgan fingerprint density at radius 1 is 1.05 bits per heavy atom. The number of aromatic nitrogens is 3. The molecular formula is C14H16N6. The van der Waals surface area contributed by atoms with Crippen molar-refractivity contribution >= 4 is 5.82 Å². The first-order chi connectivity index (χ1) is 9.78. The van der Waals surface area contributed by atoms with E-state index in [1.807, 2.05) is 30.3 Å². The number of para-hydroxylation sites is 1. The van der Waals surface area contributed by atoms with Gasteiger partial charge in [0.05, 0.1) is 5.69 Å². The van der Waals surface area contributed by atoms with E-state index < -0.39 is 0 Å². The van der Waals surface area contributed by atoms with Crippen molar-refractivity contribution in [3.05, 3.63) is 36.0 Å². The van der Waals surface area contributed by atoms with E-state index in [0.29, 0.717) is 11.5 Å². The zero-order valence-corrected chi connectivity index (χ0v) is 11.4. The Hall–Kier alpha value is -2.39. The summed E-state index contributed by atoms with van der Waals surface area (Å²) in [6.45, 7) is 3.70. The summed E-state index contributed by atoms with van der Waals surface area (Å²) < 4.78 is 0. The van der Waals surface area contributed by atoms with Crippen LogP contribution in [0.4, 0.5) is 5.82 Å². The van der Waals surface area contributed by atoms with Crippen molar-refractivity contribution in [2.75, 3.05) is 38.1 Å². The number of anilines is 1. The Kier molecular flexibility index (Phi) is 3.35. The van der Waals surface area contributed by atoms with Gasteiger partial charge in [-0.3, -0.25) is 0 Å². The van der Waals surface area contributed by atoms with E-state index in [-0.39, 0.29) is 0 Å². The fourth-order valence-electron chi connectivity index (χ4n) is 2.28. The lowest BCUT2D eigenvalue weighted by atomic mass is 10.3. The van der Waals surface area contributed by atoms with Crippen LogP contribution in [0, 0.1) is 11.3 Å². The van der Waals surface area contributed by atoms with E-state index >= 15 is 0 Å². The summed E-state index contributed by atoms with van der Waals surface area (Å²) in [5, 5.41) is 18.0. The van der Waals surface area contributed by atoms with Gasteiger partial charge < -0.3 is 9.80 Å². The number of piperazine rings is 1. The molecule has 0 radical (unpaired) electrons. The maximum atomic E-state index is 9.26. The van der Waals surface area contributed by atoms with E-state index in [1.165, 1.54) is 4.80 Å². The maximum absolute atomic E-state index is 9.26. The third-order valence-electron chi connectivity index (χ3n) is 3.49. The van der Waals surface area contributed by atoms with Crippen molar-refractivity contribution in [2.24, 2.45) is 0 Å². The molecule has 0 N–H and O–H groups in total. The molecule has 1 aromatic heterocycles. The highest BCUT2D eigenvalue weighted by atomic mass is 15.5. The monoisotopic (exact) mass is 268 g/mol. The van der Waals surface area contributed by atoms with E-state index in [9.17, 15) is 5.26 Å². The van der Waals surface area contributed by atoms with Gasteiger partial charge in [0.25, 0.3) is 0 Å². The first-order valence-corrected chi connectivity index (χ1v) is 6.64. The molecule has 0 spiro atoms. The average molecular weight is 268 g/mol. The molecule has 1 aliphatic heterocycles. The van der Waals surface area contributed by atoms with Crippen molar-refractivity contribution < 1.29 is 0 Å². The van der Waals surface area contributed by atoms with Gasteiger partial charge in [0.1, 0.15) is 6.07 Å². The summed E-state index contributed by atoms with van der Waals surface area (Å²) in [7, 11) is 2.10. The number of benzene rings is 1.